The summed E-state index contributed by atoms with van der Waals surface area (Å²) in [6.07, 6.45) is 6.13. The van der Waals surface area contributed by atoms with Gasteiger partial charge in [0, 0.05) is 19.9 Å². The number of benzene rings is 1. The highest BCUT2D eigenvalue weighted by atomic mass is 14.9. The van der Waals surface area contributed by atoms with Crippen LogP contribution in [-0.4, -0.2) is 0 Å². The fourth-order valence-corrected chi connectivity index (χ4v) is 4.17. The van der Waals surface area contributed by atoms with Gasteiger partial charge in [-0.15, -0.1) is 0 Å². The standard InChI is InChI=1S/C20H24N/c1-15-7-3-4-8-17(15)19-18-14-20(10-5-6-11-20)13-16(18)9-12-21(19)2/h3-4,7-9,12H,5-6,10-11,13-14H2,1-2H3/q+1/i14D2. The molecule has 0 N–H and O–H groups in total. The minimum Gasteiger partial charge on any atom is -0.201 e. The van der Waals surface area contributed by atoms with Crippen LogP contribution >= 0.6 is 0 Å². The van der Waals surface area contributed by atoms with Crippen LogP contribution in [0.4, 0.5) is 0 Å². The number of hydrogen-bond acceptors (Lipinski definition) is 0. The second-order valence-corrected chi connectivity index (χ2v) is 6.78. The number of aryl methyl sites for hydroxylation is 2. The lowest BCUT2D eigenvalue weighted by atomic mass is 9.83. The Balaban J connectivity index is 1.99. The van der Waals surface area contributed by atoms with Crippen LogP contribution in [0.15, 0.2) is 36.5 Å². The summed E-state index contributed by atoms with van der Waals surface area (Å²) in [6.45, 7) is 2.12. The molecule has 1 nitrogen and oxygen atoms in total. The Bertz CT molecular complexity index is 773. The fraction of sp³-hybridized carbons (Fsp3) is 0.450. The van der Waals surface area contributed by atoms with Crippen LogP contribution in [0.25, 0.3) is 11.3 Å². The molecule has 1 heterocycles. The minimum absolute atomic E-state index is 0.179. The van der Waals surface area contributed by atoms with Crippen LogP contribution in [0.5, 0.6) is 0 Å². The van der Waals surface area contributed by atoms with Gasteiger partial charge in [0.05, 0.1) is 0 Å². The highest BCUT2D eigenvalue weighted by Crippen LogP contribution is 2.50. The van der Waals surface area contributed by atoms with Gasteiger partial charge in [0.1, 0.15) is 7.05 Å². The van der Waals surface area contributed by atoms with Crippen molar-refractivity contribution in [3.8, 4) is 11.3 Å². The van der Waals surface area contributed by atoms with E-state index in [1.807, 2.05) is 7.05 Å². The maximum atomic E-state index is 9.02. The molecule has 2 aromatic rings. The number of pyridine rings is 1. The van der Waals surface area contributed by atoms with Gasteiger partial charge in [0.25, 0.3) is 0 Å². The van der Waals surface area contributed by atoms with E-state index in [1.54, 1.807) is 0 Å². The van der Waals surface area contributed by atoms with Gasteiger partial charge < -0.3 is 0 Å². The molecule has 1 aromatic carbocycles. The number of rotatable bonds is 1. The molecule has 1 spiro atoms. The highest BCUT2D eigenvalue weighted by molar-refractivity contribution is 5.66. The zero-order chi connectivity index (χ0) is 16.2. The summed E-state index contributed by atoms with van der Waals surface area (Å²) in [6, 6.07) is 10.5. The summed E-state index contributed by atoms with van der Waals surface area (Å²) in [5.41, 5.74) is 5.41. The van der Waals surface area contributed by atoms with Gasteiger partial charge in [0.15, 0.2) is 6.20 Å². The van der Waals surface area contributed by atoms with Gasteiger partial charge in [-0.2, -0.15) is 0 Å². The van der Waals surface area contributed by atoms with Crippen molar-refractivity contribution in [2.45, 2.75) is 45.4 Å². The maximum Gasteiger partial charge on any atom is 0.216 e. The van der Waals surface area contributed by atoms with E-state index < -0.39 is 6.37 Å². The Morgan fingerprint density at radius 2 is 1.90 bits per heavy atom. The second kappa shape index (κ2) is 4.69. The van der Waals surface area contributed by atoms with E-state index in [0.29, 0.717) is 0 Å². The van der Waals surface area contributed by atoms with Crippen LogP contribution in [0.1, 0.15) is 45.1 Å². The quantitative estimate of drug-likeness (QED) is 0.691. The van der Waals surface area contributed by atoms with Crippen molar-refractivity contribution in [1.29, 1.82) is 0 Å². The molecule has 0 atom stereocenters. The van der Waals surface area contributed by atoms with Gasteiger partial charge in [-0.25, -0.2) is 4.57 Å². The third-order valence-electron chi connectivity index (χ3n) is 5.29. The fourth-order valence-electron chi connectivity index (χ4n) is 4.17. The van der Waals surface area contributed by atoms with Gasteiger partial charge in [-0.1, -0.05) is 31.0 Å². The summed E-state index contributed by atoms with van der Waals surface area (Å²) in [5, 5.41) is 0. The Labute approximate surface area is 130 Å². The first-order valence-electron chi connectivity index (χ1n) is 9.04. The Morgan fingerprint density at radius 1 is 1.14 bits per heavy atom. The minimum atomic E-state index is -1.24. The van der Waals surface area contributed by atoms with Crippen LogP contribution in [-0.2, 0) is 19.8 Å². The van der Waals surface area contributed by atoms with Crippen LogP contribution in [0.2, 0.25) is 0 Å². The molecule has 0 unspecified atom stereocenters. The summed E-state index contributed by atoms with van der Waals surface area (Å²) >= 11 is 0. The molecule has 108 valence electrons. The normalized spacial score (nSPS) is 23.0. The molecule has 2 aliphatic rings. The summed E-state index contributed by atoms with van der Waals surface area (Å²) < 4.78 is 20.2. The van der Waals surface area contributed by atoms with Crippen molar-refractivity contribution in [1.82, 2.24) is 0 Å². The van der Waals surface area contributed by atoms with Gasteiger partial charge in [-0.3, -0.25) is 0 Å². The van der Waals surface area contributed by atoms with E-state index in [2.05, 4.69) is 48.0 Å². The first-order chi connectivity index (χ1) is 11.0. The van der Waals surface area contributed by atoms with Gasteiger partial charge in [0.2, 0.25) is 5.69 Å². The van der Waals surface area contributed by atoms with Crippen molar-refractivity contribution in [2.24, 2.45) is 12.5 Å². The van der Waals surface area contributed by atoms with Gasteiger partial charge in [-0.05, 0) is 55.2 Å². The highest BCUT2D eigenvalue weighted by Gasteiger charge is 2.42. The molecule has 1 aromatic heterocycles. The Hall–Kier alpha value is -1.63. The Kier molecular flexibility index (Phi) is 2.46. The molecule has 0 aliphatic heterocycles. The van der Waals surface area contributed by atoms with Crippen LogP contribution < -0.4 is 4.57 Å². The molecule has 21 heavy (non-hydrogen) atoms. The molecule has 1 heteroatoms. The number of fused-ring (bicyclic) bond motifs is 1. The lowest BCUT2D eigenvalue weighted by Crippen LogP contribution is -2.32. The van der Waals surface area contributed by atoms with Crippen LogP contribution in [0, 0.1) is 12.3 Å². The smallest absolute Gasteiger partial charge is 0.201 e. The van der Waals surface area contributed by atoms with Crippen molar-refractivity contribution in [3.05, 3.63) is 53.2 Å². The molecular formula is C20H24N+. The SMILES string of the molecule is [2H]C1([2H])c2c(cc[n+](C)c2-c2ccccc2C)CC12CCCC2. The third kappa shape index (κ3) is 2.02. The van der Waals surface area contributed by atoms with E-state index in [4.69, 9.17) is 2.74 Å². The molecule has 2 aliphatic carbocycles. The van der Waals surface area contributed by atoms with Crippen molar-refractivity contribution >= 4 is 0 Å². The molecule has 1 fully saturated rings. The van der Waals surface area contributed by atoms with Crippen molar-refractivity contribution in [3.63, 3.8) is 0 Å². The predicted molar refractivity (Wildman–Crippen MR) is 86.1 cm³/mol. The van der Waals surface area contributed by atoms with E-state index in [-0.39, 0.29) is 5.41 Å². The number of aromatic nitrogens is 1. The molecule has 0 bridgehead atoms. The van der Waals surface area contributed by atoms with Crippen molar-refractivity contribution < 1.29 is 7.31 Å². The average molecular weight is 280 g/mol. The van der Waals surface area contributed by atoms with E-state index in [1.165, 1.54) is 24.0 Å². The summed E-state index contributed by atoms with van der Waals surface area (Å²) in [5.74, 6) is 0. The molecule has 0 saturated heterocycles. The lowest BCUT2D eigenvalue weighted by molar-refractivity contribution is -0.660. The first-order valence-corrected chi connectivity index (χ1v) is 8.04. The zero-order valence-electron chi connectivity index (χ0n) is 14.9. The largest absolute Gasteiger partial charge is 0.216 e. The second-order valence-electron chi connectivity index (χ2n) is 6.78. The summed E-state index contributed by atoms with van der Waals surface area (Å²) in [7, 11) is 2.04. The third-order valence-corrected chi connectivity index (χ3v) is 5.29. The molecule has 0 radical (unpaired) electrons. The van der Waals surface area contributed by atoms with E-state index in [9.17, 15) is 0 Å². The molecule has 0 amide bonds. The lowest BCUT2D eigenvalue weighted by Gasteiger charge is -2.21. The zero-order valence-corrected chi connectivity index (χ0v) is 12.9. The van der Waals surface area contributed by atoms with Crippen molar-refractivity contribution in [2.75, 3.05) is 0 Å². The Morgan fingerprint density at radius 3 is 2.67 bits per heavy atom. The van der Waals surface area contributed by atoms with E-state index in [0.717, 1.165) is 36.1 Å². The molecule has 4 rings (SSSR count). The maximum absolute atomic E-state index is 9.02. The molecular weight excluding hydrogens is 254 g/mol. The summed E-state index contributed by atoms with van der Waals surface area (Å²) in [4.78, 5) is 0. The van der Waals surface area contributed by atoms with E-state index >= 15 is 0 Å². The average Bonchev–Trinajstić information content (AvgIpc) is 3.07. The van der Waals surface area contributed by atoms with Gasteiger partial charge >= 0.3 is 0 Å². The topological polar surface area (TPSA) is 3.88 Å². The monoisotopic (exact) mass is 280 g/mol. The number of nitrogens with zero attached hydrogens (tertiary/aromatic N) is 1. The van der Waals surface area contributed by atoms with Crippen LogP contribution in [0.3, 0.4) is 0 Å². The molecule has 1 saturated carbocycles. The first kappa shape index (κ1) is 11.0. The predicted octanol–water partition coefficient (Wildman–Crippen LogP) is 4.15. The number of hydrogen-bond donors (Lipinski definition) is 0.